The highest BCUT2D eigenvalue weighted by atomic mass is 16.7. The van der Waals surface area contributed by atoms with Gasteiger partial charge in [0.05, 0.1) is 12.2 Å². The number of carbonyl (C=O) groups excluding carboxylic acids is 1. The van der Waals surface area contributed by atoms with Crippen molar-refractivity contribution in [3.63, 3.8) is 0 Å². The van der Waals surface area contributed by atoms with E-state index in [1.165, 1.54) is 10.8 Å². The minimum absolute atomic E-state index is 0.0438. The second-order valence-electron chi connectivity index (χ2n) is 7.73. The molecular formula is C24H24N2O7. The molecule has 33 heavy (non-hydrogen) atoms. The largest absolute Gasteiger partial charge is 0.453 e. The molecule has 172 valence electrons. The molecule has 9 heteroatoms. The number of esters is 1. The maximum Gasteiger partial charge on any atom is 0.338 e. The highest BCUT2D eigenvalue weighted by Crippen LogP contribution is 2.29. The lowest BCUT2D eigenvalue weighted by Crippen LogP contribution is -2.42. The molecule has 9 nitrogen and oxygen atoms in total. The molecule has 3 atom stereocenters. The summed E-state index contributed by atoms with van der Waals surface area (Å²) in [6.45, 7) is 1.57. The number of nitrogens with zero attached hydrogens (tertiary/aromatic N) is 2. The quantitative estimate of drug-likeness (QED) is 0.546. The van der Waals surface area contributed by atoms with Crippen molar-refractivity contribution in [2.45, 2.75) is 45.3 Å². The minimum atomic E-state index is -1.41. The maximum absolute atomic E-state index is 13.0. The highest BCUT2D eigenvalue weighted by Gasteiger charge is 2.38. The van der Waals surface area contributed by atoms with Gasteiger partial charge in [-0.15, -0.1) is 0 Å². The molecule has 0 aliphatic carbocycles. The van der Waals surface area contributed by atoms with Crippen molar-refractivity contribution >= 4 is 5.97 Å². The van der Waals surface area contributed by atoms with Crippen LogP contribution in [-0.2, 0) is 27.5 Å². The molecule has 3 aromatic rings. The molecule has 2 heterocycles. The van der Waals surface area contributed by atoms with Crippen LogP contribution in [-0.4, -0.2) is 32.6 Å². The Labute approximate surface area is 189 Å². The van der Waals surface area contributed by atoms with Crippen LogP contribution in [0.4, 0.5) is 0 Å². The van der Waals surface area contributed by atoms with Crippen molar-refractivity contribution < 1.29 is 24.1 Å². The number of aliphatic hydroxyl groups is 1. The van der Waals surface area contributed by atoms with Crippen molar-refractivity contribution in [3.8, 4) is 0 Å². The summed E-state index contributed by atoms with van der Waals surface area (Å²) in [5, 5.41) is 10.3. The second kappa shape index (κ2) is 9.95. The molecule has 0 radical (unpaired) electrons. The van der Waals surface area contributed by atoms with Crippen LogP contribution in [0, 0.1) is 6.92 Å². The van der Waals surface area contributed by atoms with Crippen LogP contribution >= 0.6 is 0 Å². The molecule has 3 unspecified atom stereocenters. The number of aromatic nitrogens is 2. The zero-order valence-corrected chi connectivity index (χ0v) is 18.0. The predicted molar refractivity (Wildman–Crippen MR) is 117 cm³/mol. The van der Waals surface area contributed by atoms with Gasteiger partial charge in [-0.1, -0.05) is 48.5 Å². The number of aliphatic hydroxyl groups excluding tert-OH is 1. The molecule has 0 saturated carbocycles. The first-order valence-corrected chi connectivity index (χ1v) is 10.5. The van der Waals surface area contributed by atoms with Crippen molar-refractivity contribution in [2.75, 3.05) is 0 Å². The van der Waals surface area contributed by atoms with Gasteiger partial charge in [-0.3, -0.25) is 9.36 Å². The Kier molecular flexibility index (Phi) is 6.83. The molecule has 1 aliphatic heterocycles. The summed E-state index contributed by atoms with van der Waals surface area (Å²) in [6.07, 6.45) is -1.88. The monoisotopic (exact) mass is 452 g/mol. The fourth-order valence-electron chi connectivity index (χ4n) is 3.59. The number of carbonyl (C=O) groups is 1. The van der Waals surface area contributed by atoms with E-state index >= 15 is 0 Å². The van der Waals surface area contributed by atoms with E-state index in [9.17, 15) is 19.5 Å². The summed E-state index contributed by atoms with van der Waals surface area (Å²) < 4.78 is 18.6. The lowest BCUT2D eigenvalue weighted by Gasteiger charge is -2.16. The Balaban J connectivity index is 1.48. The number of benzene rings is 2. The Hall–Kier alpha value is -3.53. The molecule has 1 N–H and O–H groups in total. The van der Waals surface area contributed by atoms with Gasteiger partial charge < -0.3 is 19.3 Å². The van der Waals surface area contributed by atoms with E-state index in [0.717, 1.165) is 10.1 Å². The average molecular weight is 452 g/mol. The van der Waals surface area contributed by atoms with Gasteiger partial charge in [-0.05, 0) is 24.6 Å². The summed E-state index contributed by atoms with van der Waals surface area (Å²) in [4.78, 5) is 37.9. The Morgan fingerprint density at radius 2 is 1.76 bits per heavy atom. The molecule has 4 rings (SSSR count). The summed E-state index contributed by atoms with van der Waals surface area (Å²) in [5.41, 5.74) is 0.427. The van der Waals surface area contributed by atoms with Crippen molar-refractivity contribution in [1.82, 2.24) is 9.13 Å². The van der Waals surface area contributed by atoms with Gasteiger partial charge in [0.15, 0.2) is 12.4 Å². The molecule has 1 saturated heterocycles. The molecule has 0 amide bonds. The molecular weight excluding hydrogens is 428 g/mol. The van der Waals surface area contributed by atoms with Crippen molar-refractivity contribution in [3.05, 3.63) is 104 Å². The number of hydrogen-bond acceptors (Lipinski definition) is 7. The number of aryl methyl sites for hydroxylation is 1. The third kappa shape index (κ3) is 5.11. The minimum Gasteiger partial charge on any atom is -0.453 e. The number of ether oxygens (including phenoxy) is 3. The fourth-order valence-corrected chi connectivity index (χ4v) is 3.59. The first-order valence-electron chi connectivity index (χ1n) is 10.5. The van der Waals surface area contributed by atoms with E-state index in [-0.39, 0.29) is 19.8 Å². The van der Waals surface area contributed by atoms with Crippen LogP contribution < -0.4 is 11.2 Å². The summed E-state index contributed by atoms with van der Waals surface area (Å²) in [6, 6.07) is 17.7. The van der Waals surface area contributed by atoms with Crippen LogP contribution in [0.25, 0.3) is 0 Å². The van der Waals surface area contributed by atoms with Crippen molar-refractivity contribution in [2.24, 2.45) is 0 Å². The van der Waals surface area contributed by atoms with Crippen molar-refractivity contribution in [1.29, 1.82) is 0 Å². The van der Waals surface area contributed by atoms with Crippen LogP contribution in [0.15, 0.2) is 76.4 Å². The standard InChI is InChI=1S/C24H24N2O7/c1-16-13-25(24(30)26(21(16)27)15-31-14-17-8-4-2-5-9-17)20-12-19(23(29)33-20)32-22(28)18-10-6-3-7-11-18/h2-11,13,19-20,23,29H,12,14-15H2,1H3. The smallest absolute Gasteiger partial charge is 0.338 e. The van der Waals surface area contributed by atoms with Gasteiger partial charge >= 0.3 is 11.7 Å². The van der Waals surface area contributed by atoms with E-state index in [1.54, 1.807) is 37.3 Å². The molecule has 1 fully saturated rings. The van der Waals surface area contributed by atoms with Crippen LogP contribution in [0.5, 0.6) is 0 Å². The SMILES string of the molecule is Cc1cn(C2CC(OC(=O)c3ccccc3)C(O)O2)c(=O)n(COCc2ccccc2)c1=O. The lowest BCUT2D eigenvalue weighted by molar-refractivity contribution is -0.144. The van der Waals surface area contributed by atoms with Crippen LogP contribution in [0.3, 0.4) is 0 Å². The molecule has 1 aromatic heterocycles. The predicted octanol–water partition coefficient (Wildman–Crippen LogP) is 1.96. The normalized spacial score (nSPS) is 20.0. The molecule has 0 spiro atoms. The Bertz CT molecular complexity index is 1220. The first kappa shape index (κ1) is 22.7. The maximum atomic E-state index is 13.0. The van der Waals surface area contributed by atoms with E-state index in [4.69, 9.17) is 14.2 Å². The second-order valence-corrected chi connectivity index (χ2v) is 7.73. The molecule has 2 aromatic carbocycles. The van der Waals surface area contributed by atoms with E-state index < -0.39 is 35.8 Å². The summed E-state index contributed by atoms with van der Waals surface area (Å²) in [7, 11) is 0. The van der Waals surface area contributed by atoms with Gasteiger partial charge in [0.1, 0.15) is 13.0 Å². The van der Waals surface area contributed by atoms with Gasteiger partial charge in [-0.2, -0.15) is 0 Å². The van der Waals surface area contributed by atoms with Crippen LogP contribution in [0.2, 0.25) is 0 Å². The highest BCUT2D eigenvalue weighted by molar-refractivity contribution is 5.89. The number of rotatable bonds is 7. The lowest BCUT2D eigenvalue weighted by atomic mass is 10.2. The zero-order valence-electron chi connectivity index (χ0n) is 18.0. The Morgan fingerprint density at radius 1 is 1.09 bits per heavy atom. The van der Waals surface area contributed by atoms with Gasteiger partial charge in [0.25, 0.3) is 5.56 Å². The third-order valence-electron chi connectivity index (χ3n) is 5.33. The Morgan fingerprint density at radius 3 is 2.45 bits per heavy atom. The third-order valence-corrected chi connectivity index (χ3v) is 5.33. The topological polar surface area (TPSA) is 109 Å². The first-order chi connectivity index (χ1) is 15.9. The fraction of sp³-hybridized carbons (Fsp3) is 0.292. The van der Waals surface area contributed by atoms with Crippen LogP contribution in [0.1, 0.15) is 34.1 Å². The van der Waals surface area contributed by atoms with E-state index in [1.807, 2.05) is 30.3 Å². The summed E-state index contributed by atoms with van der Waals surface area (Å²) >= 11 is 0. The average Bonchev–Trinajstić information content (AvgIpc) is 3.19. The molecule has 1 aliphatic rings. The van der Waals surface area contributed by atoms with E-state index in [0.29, 0.717) is 11.1 Å². The zero-order chi connectivity index (χ0) is 23.4. The van der Waals surface area contributed by atoms with Gasteiger partial charge in [0, 0.05) is 18.2 Å². The molecule has 0 bridgehead atoms. The van der Waals surface area contributed by atoms with Gasteiger partial charge in [-0.25, -0.2) is 14.2 Å². The van der Waals surface area contributed by atoms with E-state index in [2.05, 4.69) is 0 Å². The number of hydrogen-bond donors (Lipinski definition) is 1. The van der Waals surface area contributed by atoms with Gasteiger partial charge in [0.2, 0.25) is 0 Å². The summed E-state index contributed by atoms with van der Waals surface area (Å²) in [5.74, 6) is -0.605.